The molecule has 0 saturated carbocycles. The summed E-state index contributed by atoms with van der Waals surface area (Å²) in [6, 6.07) is 1.93. The molecule has 0 radical (unpaired) electrons. The van der Waals surface area contributed by atoms with Gasteiger partial charge in [-0.15, -0.1) is 0 Å². The van der Waals surface area contributed by atoms with Crippen molar-refractivity contribution in [2.45, 2.75) is 19.8 Å². The Hall–Kier alpha value is -1.09. The molecule has 0 unspecified atom stereocenters. The molecule has 74 valence electrons. The smallest absolute Gasteiger partial charge is 0.156 e. The van der Waals surface area contributed by atoms with Crippen LogP contribution >= 0.6 is 11.6 Å². The number of aromatic nitrogens is 3. The maximum Gasteiger partial charge on any atom is 0.156 e. The average molecular weight is 210 g/mol. The minimum Gasteiger partial charge on any atom is -0.331 e. The second kappa shape index (κ2) is 3.24. The lowest BCUT2D eigenvalue weighted by atomic mass is 10.2. The Bertz CT molecular complexity index is 473. The summed E-state index contributed by atoms with van der Waals surface area (Å²) >= 11 is 5.96. The van der Waals surface area contributed by atoms with Gasteiger partial charge in [-0.25, -0.2) is 9.97 Å². The van der Waals surface area contributed by atoms with Crippen LogP contribution in [0.15, 0.2) is 12.3 Å². The van der Waals surface area contributed by atoms with Crippen molar-refractivity contribution < 1.29 is 0 Å². The molecular weight excluding hydrogens is 198 g/mol. The first-order valence-electron chi connectivity index (χ1n) is 4.58. The van der Waals surface area contributed by atoms with E-state index in [1.165, 1.54) is 0 Å². The number of pyridine rings is 1. The summed E-state index contributed by atoms with van der Waals surface area (Å²) in [5, 5.41) is 0.477. The van der Waals surface area contributed by atoms with E-state index in [9.17, 15) is 0 Å². The highest BCUT2D eigenvalue weighted by Gasteiger charge is 2.12. The van der Waals surface area contributed by atoms with Crippen molar-refractivity contribution in [1.82, 2.24) is 14.5 Å². The predicted octanol–water partition coefficient (Wildman–Crippen LogP) is 2.75. The molecule has 3 nitrogen and oxygen atoms in total. The fourth-order valence-corrected chi connectivity index (χ4v) is 1.82. The maximum absolute atomic E-state index is 5.96. The number of hydrogen-bond acceptors (Lipinski definition) is 2. The largest absolute Gasteiger partial charge is 0.331 e. The second-order valence-electron chi connectivity index (χ2n) is 3.65. The van der Waals surface area contributed by atoms with E-state index < -0.39 is 0 Å². The van der Waals surface area contributed by atoms with Gasteiger partial charge in [-0.05, 0) is 6.07 Å². The third-order valence-corrected chi connectivity index (χ3v) is 2.58. The highest BCUT2D eigenvalue weighted by atomic mass is 35.5. The summed E-state index contributed by atoms with van der Waals surface area (Å²) in [7, 11) is 2.00. The lowest BCUT2D eigenvalue weighted by Gasteiger charge is -2.03. The summed E-state index contributed by atoms with van der Waals surface area (Å²) < 4.78 is 2.06. The van der Waals surface area contributed by atoms with Crippen molar-refractivity contribution in [2.75, 3.05) is 0 Å². The molecule has 2 heterocycles. The summed E-state index contributed by atoms with van der Waals surface area (Å²) in [5.74, 6) is 1.43. The summed E-state index contributed by atoms with van der Waals surface area (Å²) in [6.07, 6.45) is 1.70. The summed E-state index contributed by atoms with van der Waals surface area (Å²) in [5.41, 5.74) is 1.83. The SMILES string of the molecule is CC(C)c1nc2c(Cl)nccc2n1C. The van der Waals surface area contributed by atoms with E-state index in [1.54, 1.807) is 6.20 Å². The number of rotatable bonds is 1. The van der Waals surface area contributed by atoms with E-state index in [0.717, 1.165) is 16.9 Å². The van der Waals surface area contributed by atoms with Gasteiger partial charge in [-0.2, -0.15) is 0 Å². The molecule has 0 saturated heterocycles. The van der Waals surface area contributed by atoms with Gasteiger partial charge in [0.1, 0.15) is 11.3 Å². The Balaban J connectivity index is 2.80. The first-order valence-corrected chi connectivity index (χ1v) is 4.96. The predicted molar refractivity (Wildman–Crippen MR) is 57.6 cm³/mol. The van der Waals surface area contributed by atoms with Crippen LogP contribution in [0.3, 0.4) is 0 Å². The van der Waals surface area contributed by atoms with Crippen LogP contribution < -0.4 is 0 Å². The van der Waals surface area contributed by atoms with Crippen LogP contribution in [-0.4, -0.2) is 14.5 Å². The lowest BCUT2D eigenvalue weighted by molar-refractivity contribution is 0.722. The molecule has 0 aliphatic rings. The monoisotopic (exact) mass is 209 g/mol. The van der Waals surface area contributed by atoms with E-state index in [4.69, 9.17) is 11.6 Å². The number of fused-ring (bicyclic) bond motifs is 1. The molecule has 0 aromatic carbocycles. The van der Waals surface area contributed by atoms with Gasteiger partial charge in [-0.1, -0.05) is 25.4 Å². The van der Waals surface area contributed by atoms with Crippen LogP contribution in [0.4, 0.5) is 0 Å². The molecule has 0 fully saturated rings. The van der Waals surface area contributed by atoms with Gasteiger partial charge >= 0.3 is 0 Å². The van der Waals surface area contributed by atoms with Crippen LogP contribution in [0.25, 0.3) is 11.0 Å². The zero-order valence-corrected chi connectivity index (χ0v) is 9.21. The molecule has 0 bridgehead atoms. The number of nitrogens with zero attached hydrogens (tertiary/aromatic N) is 3. The number of aryl methyl sites for hydroxylation is 1. The van der Waals surface area contributed by atoms with Gasteiger partial charge in [0.05, 0.1) is 5.52 Å². The van der Waals surface area contributed by atoms with Gasteiger partial charge in [0.2, 0.25) is 0 Å². The fraction of sp³-hybridized carbons (Fsp3) is 0.400. The number of hydrogen-bond donors (Lipinski definition) is 0. The quantitative estimate of drug-likeness (QED) is 0.677. The Kier molecular flexibility index (Phi) is 2.19. The zero-order valence-electron chi connectivity index (χ0n) is 8.45. The standard InChI is InChI=1S/C10H12ClN3/c1-6(2)10-13-8-7(14(10)3)4-5-12-9(8)11/h4-6H,1-3H3. The van der Waals surface area contributed by atoms with Gasteiger partial charge < -0.3 is 4.57 Å². The molecule has 2 rings (SSSR count). The number of halogens is 1. The van der Waals surface area contributed by atoms with Crippen molar-refractivity contribution in [1.29, 1.82) is 0 Å². The summed E-state index contributed by atoms with van der Waals surface area (Å²) in [4.78, 5) is 8.49. The van der Waals surface area contributed by atoms with Crippen molar-refractivity contribution in [2.24, 2.45) is 7.05 Å². The van der Waals surface area contributed by atoms with Crippen molar-refractivity contribution in [3.8, 4) is 0 Å². The first kappa shape index (κ1) is 9.46. The minimum atomic E-state index is 0.392. The molecule has 0 aliphatic heterocycles. The summed E-state index contributed by atoms with van der Waals surface area (Å²) in [6.45, 7) is 4.23. The molecule has 2 aromatic rings. The minimum absolute atomic E-state index is 0.392. The lowest BCUT2D eigenvalue weighted by Crippen LogP contribution is -1.99. The third kappa shape index (κ3) is 1.28. The molecule has 2 aromatic heterocycles. The topological polar surface area (TPSA) is 30.7 Å². The van der Waals surface area contributed by atoms with Crippen LogP contribution in [-0.2, 0) is 7.05 Å². The van der Waals surface area contributed by atoms with Crippen molar-refractivity contribution >= 4 is 22.6 Å². The van der Waals surface area contributed by atoms with Crippen molar-refractivity contribution in [3.63, 3.8) is 0 Å². The van der Waals surface area contributed by atoms with Crippen LogP contribution in [0, 0.1) is 0 Å². The van der Waals surface area contributed by atoms with E-state index >= 15 is 0 Å². The average Bonchev–Trinajstić information content (AvgIpc) is 2.46. The van der Waals surface area contributed by atoms with Gasteiger partial charge in [-0.3, -0.25) is 0 Å². The van der Waals surface area contributed by atoms with E-state index in [-0.39, 0.29) is 0 Å². The normalized spacial score (nSPS) is 11.5. The third-order valence-electron chi connectivity index (χ3n) is 2.31. The Labute approximate surface area is 87.7 Å². The molecular formula is C10H12ClN3. The molecule has 4 heteroatoms. The molecule has 0 N–H and O–H groups in total. The molecule has 0 amide bonds. The Morgan fingerprint density at radius 2 is 2.14 bits per heavy atom. The van der Waals surface area contributed by atoms with Gasteiger partial charge in [0, 0.05) is 19.2 Å². The molecule has 0 spiro atoms. The second-order valence-corrected chi connectivity index (χ2v) is 4.01. The van der Waals surface area contributed by atoms with Crippen LogP contribution in [0.5, 0.6) is 0 Å². The Morgan fingerprint density at radius 1 is 1.43 bits per heavy atom. The van der Waals surface area contributed by atoms with E-state index in [2.05, 4.69) is 28.4 Å². The zero-order chi connectivity index (χ0) is 10.3. The van der Waals surface area contributed by atoms with E-state index in [0.29, 0.717) is 11.1 Å². The molecule has 14 heavy (non-hydrogen) atoms. The molecule has 0 atom stereocenters. The maximum atomic E-state index is 5.96. The van der Waals surface area contributed by atoms with Gasteiger partial charge in [0.15, 0.2) is 5.15 Å². The van der Waals surface area contributed by atoms with Gasteiger partial charge in [0.25, 0.3) is 0 Å². The Morgan fingerprint density at radius 3 is 2.71 bits per heavy atom. The van der Waals surface area contributed by atoms with Crippen molar-refractivity contribution in [3.05, 3.63) is 23.2 Å². The highest BCUT2D eigenvalue weighted by Crippen LogP contribution is 2.24. The highest BCUT2D eigenvalue weighted by molar-refractivity contribution is 6.33. The fourth-order valence-electron chi connectivity index (χ4n) is 1.62. The van der Waals surface area contributed by atoms with E-state index in [1.807, 2.05) is 13.1 Å². The first-order chi connectivity index (χ1) is 6.61. The van der Waals surface area contributed by atoms with Crippen LogP contribution in [0.2, 0.25) is 5.15 Å². The van der Waals surface area contributed by atoms with Crippen LogP contribution in [0.1, 0.15) is 25.6 Å². The number of imidazole rings is 1. The molecule has 0 aliphatic carbocycles.